The number of nitrogens with one attached hydrogen (secondary N) is 1. The van der Waals surface area contributed by atoms with Crippen molar-refractivity contribution in [3.63, 3.8) is 0 Å². The summed E-state index contributed by atoms with van der Waals surface area (Å²) in [7, 11) is 0. The van der Waals surface area contributed by atoms with E-state index in [4.69, 9.17) is 4.74 Å². The number of ether oxygens (including phenoxy) is 1. The minimum absolute atomic E-state index is 0.0802. The summed E-state index contributed by atoms with van der Waals surface area (Å²) >= 11 is 0. The van der Waals surface area contributed by atoms with Gasteiger partial charge < -0.3 is 15.0 Å². The van der Waals surface area contributed by atoms with Crippen LogP contribution in [0.1, 0.15) is 18.3 Å². The third-order valence-electron chi connectivity index (χ3n) is 4.82. The number of aryl methyl sites for hydroxylation is 1. The van der Waals surface area contributed by atoms with Crippen LogP contribution in [0.2, 0.25) is 0 Å². The SMILES string of the molecule is CCOC(=O)N1CCN(CC(=O)Nc2c(C)nn(-c3ccccc3)c2C)CC1. The lowest BCUT2D eigenvalue weighted by Crippen LogP contribution is -2.50. The molecule has 8 heteroatoms. The second-order valence-electron chi connectivity index (χ2n) is 6.80. The molecule has 1 aromatic carbocycles. The lowest BCUT2D eigenvalue weighted by atomic mass is 10.2. The second kappa shape index (κ2) is 8.88. The van der Waals surface area contributed by atoms with Gasteiger partial charge in [0.1, 0.15) is 0 Å². The van der Waals surface area contributed by atoms with Gasteiger partial charge in [-0.25, -0.2) is 9.48 Å². The number of benzene rings is 1. The molecule has 0 saturated carbocycles. The number of hydrogen-bond acceptors (Lipinski definition) is 5. The van der Waals surface area contributed by atoms with Crippen LogP contribution in [0.25, 0.3) is 5.69 Å². The molecule has 1 aliphatic heterocycles. The predicted molar refractivity (Wildman–Crippen MR) is 107 cm³/mol. The van der Waals surface area contributed by atoms with Crippen molar-refractivity contribution in [1.29, 1.82) is 0 Å². The summed E-state index contributed by atoms with van der Waals surface area (Å²) in [5.74, 6) is -0.0802. The molecule has 1 fully saturated rings. The van der Waals surface area contributed by atoms with Crippen molar-refractivity contribution in [3.05, 3.63) is 41.7 Å². The number of hydrogen-bond donors (Lipinski definition) is 1. The summed E-state index contributed by atoms with van der Waals surface area (Å²) in [6.45, 7) is 8.71. The van der Waals surface area contributed by atoms with Crippen LogP contribution in [0.5, 0.6) is 0 Å². The molecule has 2 amide bonds. The Labute approximate surface area is 165 Å². The number of piperazine rings is 1. The molecule has 1 aliphatic rings. The first kappa shape index (κ1) is 19.9. The molecule has 28 heavy (non-hydrogen) atoms. The molecule has 0 radical (unpaired) electrons. The molecular formula is C20H27N5O3. The lowest BCUT2D eigenvalue weighted by Gasteiger charge is -2.33. The number of para-hydroxylation sites is 1. The third-order valence-corrected chi connectivity index (χ3v) is 4.82. The second-order valence-corrected chi connectivity index (χ2v) is 6.80. The first-order valence-corrected chi connectivity index (χ1v) is 9.55. The highest BCUT2D eigenvalue weighted by atomic mass is 16.6. The van der Waals surface area contributed by atoms with Crippen LogP contribution < -0.4 is 5.32 Å². The molecule has 8 nitrogen and oxygen atoms in total. The normalized spacial score (nSPS) is 14.8. The van der Waals surface area contributed by atoms with Gasteiger partial charge in [-0.15, -0.1) is 0 Å². The Kier molecular flexibility index (Phi) is 6.30. The summed E-state index contributed by atoms with van der Waals surface area (Å²) in [6.07, 6.45) is -0.286. The predicted octanol–water partition coefficient (Wildman–Crippen LogP) is 2.20. The fraction of sp³-hybridized carbons (Fsp3) is 0.450. The van der Waals surface area contributed by atoms with Crippen LogP contribution in [-0.2, 0) is 9.53 Å². The zero-order valence-corrected chi connectivity index (χ0v) is 16.6. The van der Waals surface area contributed by atoms with E-state index in [1.165, 1.54) is 0 Å². The molecule has 0 atom stereocenters. The summed E-state index contributed by atoms with van der Waals surface area (Å²) < 4.78 is 6.86. The number of rotatable bonds is 5. The zero-order valence-electron chi connectivity index (χ0n) is 16.6. The van der Waals surface area contributed by atoms with Gasteiger partial charge in [-0.05, 0) is 32.9 Å². The van der Waals surface area contributed by atoms with E-state index < -0.39 is 0 Å². The number of nitrogens with zero attached hydrogens (tertiary/aromatic N) is 4. The Bertz CT molecular complexity index is 826. The highest BCUT2D eigenvalue weighted by Gasteiger charge is 2.24. The number of carbonyl (C=O) groups excluding carboxylic acids is 2. The fourth-order valence-electron chi connectivity index (χ4n) is 3.33. The van der Waals surface area contributed by atoms with Crippen molar-refractivity contribution in [2.24, 2.45) is 0 Å². The van der Waals surface area contributed by atoms with E-state index in [0.29, 0.717) is 32.8 Å². The third kappa shape index (κ3) is 4.51. The van der Waals surface area contributed by atoms with E-state index >= 15 is 0 Å². The monoisotopic (exact) mass is 385 g/mol. The average Bonchev–Trinajstić information content (AvgIpc) is 2.97. The van der Waals surface area contributed by atoms with Crippen LogP contribution in [-0.4, -0.2) is 70.9 Å². The number of aromatic nitrogens is 2. The van der Waals surface area contributed by atoms with Crippen molar-refractivity contribution in [1.82, 2.24) is 19.6 Å². The minimum Gasteiger partial charge on any atom is -0.450 e. The van der Waals surface area contributed by atoms with Crippen molar-refractivity contribution < 1.29 is 14.3 Å². The quantitative estimate of drug-likeness (QED) is 0.854. The van der Waals surface area contributed by atoms with Crippen LogP contribution in [0.3, 0.4) is 0 Å². The molecule has 0 aliphatic carbocycles. The van der Waals surface area contributed by atoms with Gasteiger partial charge in [-0.1, -0.05) is 18.2 Å². The smallest absolute Gasteiger partial charge is 0.409 e. The van der Waals surface area contributed by atoms with Gasteiger partial charge in [0.05, 0.1) is 35.9 Å². The highest BCUT2D eigenvalue weighted by molar-refractivity contribution is 5.93. The first-order valence-electron chi connectivity index (χ1n) is 9.55. The van der Waals surface area contributed by atoms with Gasteiger partial charge in [-0.3, -0.25) is 9.69 Å². The van der Waals surface area contributed by atoms with Crippen molar-refractivity contribution in [3.8, 4) is 5.69 Å². The van der Waals surface area contributed by atoms with Crippen LogP contribution in [0.4, 0.5) is 10.5 Å². The maximum absolute atomic E-state index is 12.6. The topological polar surface area (TPSA) is 79.7 Å². The largest absolute Gasteiger partial charge is 0.450 e. The standard InChI is InChI=1S/C20H27N5O3/c1-4-28-20(27)24-12-10-23(11-13-24)14-18(26)21-19-15(2)22-25(16(19)3)17-8-6-5-7-9-17/h5-9H,4,10-14H2,1-3H3,(H,21,26). The maximum atomic E-state index is 12.6. The van der Waals surface area contributed by atoms with Crippen LogP contribution in [0.15, 0.2) is 30.3 Å². The summed E-state index contributed by atoms with van der Waals surface area (Å²) in [4.78, 5) is 28.0. The average molecular weight is 385 g/mol. The molecule has 1 N–H and O–H groups in total. The maximum Gasteiger partial charge on any atom is 0.409 e. The molecule has 0 spiro atoms. The Hall–Kier alpha value is -2.87. The Morgan fingerprint density at radius 2 is 1.79 bits per heavy atom. The van der Waals surface area contributed by atoms with Crippen molar-refractivity contribution in [2.45, 2.75) is 20.8 Å². The number of carbonyl (C=O) groups is 2. The first-order chi connectivity index (χ1) is 13.5. The number of anilines is 1. The Morgan fingerprint density at radius 1 is 1.11 bits per heavy atom. The Balaban J connectivity index is 1.58. The van der Waals surface area contributed by atoms with Crippen molar-refractivity contribution in [2.75, 3.05) is 44.6 Å². The molecule has 0 bridgehead atoms. The summed E-state index contributed by atoms with van der Waals surface area (Å²) in [5, 5.41) is 7.56. The summed E-state index contributed by atoms with van der Waals surface area (Å²) in [5.41, 5.74) is 3.38. The zero-order chi connectivity index (χ0) is 20.1. The molecule has 1 aromatic heterocycles. The van der Waals surface area contributed by atoms with E-state index in [1.54, 1.807) is 11.8 Å². The summed E-state index contributed by atoms with van der Waals surface area (Å²) in [6, 6.07) is 9.83. The molecule has 3 rings (SSSR count). The van der Waals surface area contributed by atoms with Gasteiger partial charge >= 0.3 is 6.09 Å². The molecule has 1 saturated heterocycles. The van der Waals surface area contributed by atoms with Crippen molar-refractivity contribution >= 4 is 17.7 Å². The van der Waals surface area contributed by atoms with E-state index in [-0.39, 0.29) is 18.5 Å². The fourth-order valence-corrected chi connectivity index (χ4v) is 3.33. The molecule has 0 unspecified atom stereocenters. The van der Waals surface area contributed by atoms with E-state index in [2.05, 4.69) is 10.4 Å². The number of amides is 2. The minimum atomic E-state index is -0.286. The molecule has 2 aromatic rings. The van der Waals surface area contributed by atoms with E-state index in [1.807, 2.05) is 53.8 Å². The van der Waals surface area contributed by atoms with Gasteiger partial charge in [0.15, 0.2) is 0 Å². The lowest BCUT2D eigenvalue weighted by molar-refractivity contribution is -0.117. The van der Waals surface area contributed by atoms with Gasteiger partial charge in [0.25, 0.3) is 0 Å². The molecular weight excluding hydrogens is 358 g/mol. The molecule has 150 valence electrons. The van der Waals surface area contributed by atoms with Gasteiger partial charge in [0, 0.05) is 26.2 Å². The van der Waals surface area contributed by atoms with Gasteiger partial charge in [-0.2, -0.15) is 5.10 Å². The van der Waals surface area contributed by atoms with E-state index in [0.717, 1.165) is 22.8 Å². The van der Waals surface area contributed by atoms with Crippen LogP contribution >= 0.6 is 0 Å². The Morgan fingerprint density at radius 3 is 2.43 bits per heavy atom. The highest BCUT2D eigenvalue weighted by Crippen LogP contribution is 2.22. The van der Waals surface area contributed by atoms with E-state index in [9.17, 15) is 9.59 Å². The van der Waals surface area contributed by atoms with Crippen LogP contribution in [0, 0.1) is 13.8 Å². The molecule has 2 heterocycles. The van der Waals surface area contributed by atoms with Gasteiger partial charge in [0.2, 0.25) is 5.91 Å².